The van der Waals surface area contributed by atoms with Gasteiger partial charge in [-0.2, -0.15) is 0 Å². The Morgan fingerprint density at radius 3 is 2.38 bits per heavy atom. The molecular formula is C10H20O6. The lowest BCUT2D eigenvalue weighted by molar-refractivity contribution is -0.301. The third-order valence-corrected chi connectivity index (χ3v) is 2.63. The second-order valence-electron chi connectivity index (χ2n) is 3.92. The standard InChI is InChI=1S/C10H20O6/c1-2-3-4-15-10-9(14)8(13)7(12)6(5-11)16-10/h6-14H,2-5H2,1H3/t6-,7-,8-,9+,10-/m1/s1. The molecule has 0 amide bonds. The summed E-state index contributed by atoms with van der Waals surface area (Å²) in [7, 11) is 0. The summed E-state index contributed by atoms with van der Waals surface area (Å²) in [4.78, 5) is 0. The van der Waals surface area contributed by atoms with Crippen molar-refractivity contribution >= 4 is 0 Å². The summed E-state index contributed by atoms with van der Waals surface area (Å²) in [5, 5.41) is 37.5. The van der Waals surface area contributed by atoms with Crippen LogP contribution >= 0.6 is 0 Å². The van der Waals surface area contributed by atoms with Gasteiger partial charge in [-0.25, -0.2) is 0 Å². The van der Waals surface area contributed by atoms with E-state index in [0.29, 0.717) is 6.61 Å². The molecule has 0 aromatic rings. The largest absolute Gasteiger partial charge is 0.394 e. The van der Waals surface area contributed by atoms with Gasteiger partial charge in [0, 0.05) is 6.61 Å². The van der Waals surface area contributed by atoms with Gasteiger partial charge in [0.15, 0.2) is 6.29 Å². The zero-order valence-corrected chi connectivity index (χ0v) is 9.32. The summed E-state index contributed by atoms with van der Waals surface area (Å²) in [5.41, 5.74) is 0. The molecule has 0 spiro atoms. The number of unbranched alkanes of at least 4 members (excludes halogenated alkanes) is 1. The van der Waals surface area contributed by atoms with Crippen LogP contribution in [0.1, 0.15) is 19.8 Å². The van der Waals surface area contributed by atoms with Crippen molar-refractivity contribution in [2.24, 2.45) is 0 Å². The molecule has 1 aliphatic rings. The molecule has 0 radical (unpaired) electrons. The van der Waals surface area contributed by atoms with Gasteiger partial charge in [-0.15, -0.1) is 0 Å². The van der Waals surface area contributed by atoms with Gasteiger partial charge in [0.1, 0.15) is 24.4 Å². The van der Waals surface area contributed by atoms with Crippen LogP contribution in [0.15, 0.2) is 0 Å². The zero-order valence-electron chi connectivity index (χ0n) is 9.32. The first-order valence-corrected chi connectivity index (χ1v) is 5.54. The molecule has 0 aromatic heterocycles. The summed E-state index contributed by atoms with van der Waals surface area (Å²) >= 11 is 0. The van der Waals surface area contributed by atoms with Gasteiger partial charge < -0.3 is 29.9 Å². The van der Waals surface area contributed by atoms with E-state index in [1.165, 1.54) is 0 Å². The van der Waals surface area contributed by atoms with E-state index in [-0.39, 0.29) is 0 Å². The highest BCUT2D eigenvalue weighted by atomic mass is 16.7. The van der Waals surface area contributed by atoms with Crippen LogP contribution in [0.4, 0.5) is 0 Å². The maximum Gasteiger partial charge on any atom is 0.186 e. The molecule has 96 valence electrons. The van der Waals surface area contributed by atoms with Crippen molar-refractivity contribution in [3.05, 3.63) is 0 Å². The molecule has 1 heterocycles. The lowest BCUT2D eigenvalue weighted by Gasteiger charge is -2.39. The van der Waals surface area contributed by atoms with Gasteiger partial charge in [0.05, 0.1) is 6.61 Å². The van der Waals surface area contributed by atoms with Gasteiger partial charge in [-0.1, -0.05) is 13.3 Å². The first-order valence-electron chi connectivity index (χ1n) is 5.54. The Balaban J connectivity index is 2.50. The Morgan fingerprint density at radius 1 is 1.12 bits per heavy atom. The van der Waals surface area contributed by atoms with Gasteiger partial charge >= 0.3 is 0 Å². The number of rotatable bonds is 5. The molecule has 16 heavy (non-hydrogen) atoms. The smallest absolute Gasteiger partial charge is 0.186 e. The summed E-state index contributed by atoms with van der Waals surface area (Å²) in [6, 6.07) is 0. The topological polar surface area (TPSA) is 99.4 Å². The number of aliphatic hydroxyl groups is 4. The first kappa shape index (κ1) is 13.8. The van der Waals surface area contributed by atoms with Crippen molar-refractivity contribution in [2.75, 3.05) is 13.2 Å². The number of hydrogen-bond acceptors (Lipinski definition) is 6. The van der Waals surface area contributed by atoms with Crippen LogP contribution in [0, 0.1) is 0 Å². The van der Waals surface area contributed by atoms with E-state index in [1.807, 2.05) is 6.92 Å². The van der Waals surface area contributed by atoms with E-state index in [0.717, 1.165) is 12.8 Å². The minimum atomic E-state index is -1.36. The van der Waals surface area contributed by atoms with E-state index in [4.69, 9.17) is 14.6 Å². The predicted molar refractivity (Wildman–Crippen MR) is 54.6 cm³/mol. The van der Waals surface area contributed by atoms with Crippen LogP contribution in [0.2, 0.25) is 0 Å². The van der Waals surface area contributed by atoms with E-state index < -0.39 is 37.3 Å². The second kappa shape index (κ2) is 6.48. The highest BCUT2D eigenvalue weighted by Crippen LogP contribution is 2.21. The van der Waals surface area contributed by atoms with Gasteiger partial charge in [-0.05, 0) is 6.42 Å². The minimum Gasteiger partial charge on any atom is -0.394 e. The fraction of sp³-hybridized carbons (Fsp3) is 1.00. The van der Waals surface area contributed by atoms with Crippen LogP contribution < -0.4 is 0 Å². The molecule has 4 N–H and O–H groups in total. The summed E-state index contributed by atoms with van der Waals surface area (Å²) in [6.07, 6.45) is -4.13. The lowest BCUT2D eigenvalue weighted by atomic mass is 9.99. The maximum atomic E-state index is 9.58. The Hall–Kier alpha value is -0.240. The molecule has 0 bridgehead atoms. The fourth-order valence-electron chi connectivity index (χ4n) is 1.55. The van der Waals surface area contributed by atoms with E-state index in [1.54, 1.807) is 0 Å². The minimum absolute atomic E-state index is 0.402. The monoisotopic (exact) mass is 236 g/mol. The third-order valence-electron chi connectivity index (χ3n) is 2.63. The molecule has 0 aliphatic carbocycles. The SMILES string of the molecule is CCCCO[C@@H]1O[C@H](CO)[C@@H](O)[C@@H](O)[C@@H]1O. The van der Waals surface area contributed by atoms with Crippen LogP contribution in [0.25, 0.3) is 0 Å². The molecule has 5 atom stereocenters. The molecule has 1 fully saturated rings. The molecule has 0 saturated carbocycles. The Bertz CT molecular complexity index is 198. The van der Waals surface area contributed by atoms with Crippen LogP contribution in [-0.2, 0) is 9.47 Å². The zero-order chi connectivity index (χ0) is 12.1. The van der Waals surface area contributed by atoms with Crippen molar-refractivity contribution < 1.29 is 29.9 Å². The van der Waals surface area contributed by atoms with E-state index in [9.17, 15) is 15.3 Å². The number of ether oxygens (including phenoxy) is 2. The summed E-state index contributed by atoms with van der Waals surface area (Å²) in [6.45, 7) is 1.97. The first-order chi connectivity index (χ1) is 7.61. The highest BCUT2D eigenvalue weighted by Gasteiger charge is 2.43. The molecule has 6 heteroatoms. The molecular weight excluding hydrogens is 216 g/mol. The van der Waals surface area contributed by atoms with Crippen LogP contribution in [0.5, 0.6) is 0 Å². The third kappa shape index (κ3) is 3.13. The van der Waals surface area contributed by atoms with E-state index in [2.05, 4.69) is 0 Å². The van der Waals surface area contributed by atoms with Crippen molar-refractivity contribution in [3.8, 4) is 0 Å². The lowest BCUT2D eigenvalue weighted by Crippen LogP contribution is -2.59. The predicted octanol–water partition coefficient (Wildman–Crippen LogP) is -1.40. The number of aliphatic hydroxyl groups excluding tert-OH is 4. The quantitative estimate of drug-likeness (QED) is 0.438. The Labute approximate surface area is 94.4 Å². The second-order valence-corrected chi connectivity index (χ2v) is 3.92. The molecule has 0 unspecified atom stereocenters. The van der Waals surface area contributed by atoms with Gasteiger partial charge in [-0.3, -0.25) is 0 Å². The average molecular weight is 236 g/mol. The van der Waals surface area contributed by atoms with Gasteiger partial charge in [0.2, 0.25) is 0 Å². The average Bonchev–Trinajstić information content (AvgIpc) is 2.29. The molecule has 1 rings (SSSR count). The van der Waals surface area contributed by atoms with Crippen molar-refractivity contribution in [1.29, 1.82) is 0 Å². The number of hydrogen-bond donors (Lipinski definition) is 4. The highest BCUT2D eigenvalue weighted by molar-refractivity contribution is 4.88. The molecule has 1 aliphatic heterocycles. The molecule has 0 aromatic carbocycles. The fourth-order valence-corrected chi connectivity index (χ4v) is 1.55. The maximum absolute atomic E-state index is 9.58. The van der Waals surface area contributed by atoms with E-state index >= 15 is 0 Å². The van der Waals surface area contributed by atoms with Crippen molar-refractivity contribution in [2.45, 2.75) is 50.5 Å². The van der Waals surface area contributed by atoms with Crippen molar-refractivity contribution in [1.82, 2.24) is 0 Å². The summed E-state index contributed by atoms with van der Waals surface area (Å²) in [5.74, 6) is 0. The molecule has 6 nitrogen and oxygen atoms in total. The summed E-state index contributed by atoms with van der Waals surface area (Å²) < 4.78 is 10.4. The Kier molecular flexibility index (Phi) is 5.60. The molecule has 1 saturated heterocycles. The van der Waals surface area contributed by atoms with Crippen LogP contribution in [-0.4, -0.2) is 64.3 Å². The Morgan fingerprint density at radius 2 is 1.81 bits per heavy atom. The van der Waals surface area contributed by atoms with Gasteiger partial charge in [0.25, 0.3) is 0 Å². The van der Waals surface area contributed by atoms with Crippen molar-refractivity contribution in [3.63, 3.8) is 0 Å². The van der Waals surface area contributed by atoms with Crippen LogP contribution in [0.3, 0.4) is 0 Å². The normalized spacial score (nSPS) is 39.9.